The van der Waals surface area contributed by atoms with Gasteiger partial charge >= 0.3 is 0 Å². The fourth-order valence-corrected chi connectivity index (χ4v) is 1.86. The first-order chi connectivity index (χ1) is 8.13. The summed E-state index contributed by atoms with van der Waals surface area (Å²) < 4.78 is 0. The van der Waals surface area contributed by atoms with Gasteiger partial charge in [-0.15, -0.1) is 0 Å². The minimum absolute atomic E-state index is 0.0150. The number of rotatable bonds is 3. The summed E-state index contributed by atoms with van der Waals surface area (Å²) >= 11 is 0. The zero-order valence-electron chi connectivity index (χ0n) is 9.63. The van der Waals surface area contributed by atoms with Gasteiger partial charge in [-0.05, 0) is 37.6 Å². The van der Waals surface area contributed by atoms with E-state index in [2.05, 4.69) is 5.10 Å². The maximum absolute atomic E-state index is 12.1. The molecule has 0 aliphatic carbocycles. The Kier molecular flexibility index (Phi) is 3.10. The molecule has 0 saturated carbocycles. The standard InChI is InChI=1S/C12H15N3O2/c1-8-11(6-7-16)12(17)15(14-8)10-4-2-9(13)3-5-10/h2-5,11,16H,6-7,13H2,1H3/t11-/m1/s1. The average molecular weight is 233 g/mol. The van der Waals surface area contributed by atoms with Crippen LogP contribution in [0.2, 0.25) is 0 Å². The van der Waals surface area contributed by atoms with E-state index in [9.17, 15) is 4.79 Å². The molecule has 0 bridgehead atoms. The van der Waals surface area contributed by atoms with Gasteiger partial charge in [0.25, 0.3) is 5.91 Å². The highest BCUT2D eigenvalue weighted by molar-refractivity contribution is 6.14. The lowest BCUT2D eigenvalue weighted by molar-refractivity contribution is -0.120. The smallest absolute Gasteiger partial charge is 0.256 e. The first-order valence-corrected chi connectivity index (χ1v) is 5.49. The van der Waals surface area contributed by atoms with E-state index in [1.165, 1.54) is 5.01 Å². The van der Waals surface area contributed by atoms with Crippen LogP contribution in [0.3, 0.4) is 0 Å². The van der Waals surface area contributed by atoms with Crippen LogP contribution in [0.15, 0.2) is 29.4 Å². The van der Waals surface area contributed by atoms with E-state index >= 15 is 0 Å². The first-order valence-electron chi connectivity index (χ1n) is 5.49. The lowest BCUT2D eigenvalue weighted by atomic mass is 10.0. The second-order valence-electron chi connectivity index (χ2n) is 4.05. The van der Waals surface area contributed by atoms with Gasteiger partial charge < -0.3 is 10.8 Å². The monoisotopic (exact) mass is 233 g/mol. The predicted octanol–water partition coefficient (Wildman–Crippen LogP) is 0.990. The second-order valence-corrected chi connectivity index (χ2v) is 4.05. The molecule has 5 nitrogen and oxygen atoms in total. The second kappa shape index (κ2) is 4.55. The number of nitrogens with zero attached hydrogens (tertiary/aromatic N) is 2. The summed E-state index contributed by atoms with van der Waals surface area (Å²) in [6, 6.07) is 6.97. The summed E-state index contributed by atoms with van der Waals surface area (Å²) in [5.74, 6) is -0.404. The first kappa shape index (κ1) is 11.6. The number of aliphatic hydroxyl groups excluding tert-OH is 1. The van der Waals surface area contributed by atoms with Gasteiger partial charge in [0.2, 0.25) is 0 Å². The van der Waals surface area contributed by atoms with Crippen molar-refractivity contribution in [2.45, 2.75) is 13.3 Å². The number of hydrogen-bond acceptors (Lipinski definition) is 4. The maximum atomic E-state index is 12.1. The lowest BCUT2D eigenvalue weighted by Crippen LogP contribution is -2.27. The molecule has 0 unspecified atom stereocenters. The van der Waals surface area contributed by atoms with Crippen molar-refractivity contribution in [2.24, 2.45) is 11.0 Å². The summed E-state index contributed by atoms with van der Waals surface area (Å²) in [6.07, 6.45) is 0.416. The van der Waals surface area contributed by atoms with Crippen molar-refractivity contribution in [2.75, 3.05) is 17.3 Å². The largest absolute Gasteiger partial charge is 0.399 e. The van der Waals surface area contributed by atoms with Crippen molar-refractivity contribution in [1.29, 1.82) is 0 Å². The number of amides is 1. The summed E-state index contributed by atoms with van der Waals surface area (Å²) in [5.41, 5.74) is 7.67. The number of carbonyl (C=O) groups is 1. The van der Waals surface area contributed by atoms with E-state index in [-0.39, 0.29) is 18.4 Å². The zero-order valence-corrected chi connectivity index (χ0v) is 9.63. The molecule has 0 saturated heterocycles. The van der Waals surface area contributed by atoms with Crippen LogP contribution < -0.4 is 10.7 Å². The van der Waals surface area contributed by atoms with Crippen molar-refractivity contribution < 1.29 is 9.90 Å². The molecule has 0 aromatic heterocycles. The minimum atomic E-state index is -0.308. The maximum Gasteiger partial charge on any atom is 0.256 e. The van der Waals surface area contributed by atoms with E-state index in [1.54, 1.807) is 31.2 Å². The van der Waals surface area contributed by atoms with Crippen molar-refractivity contribution in [3.05, 3.63) is 24.3 Å². The Bertz CT molecular complexity index is 453. The predicted molar refractivity (Wildman–Crippen MR) is 66.6 cm³/mol. The Morgan fingerprint density at radius 1 is 1.41 bits per heavy atom. The molecule has 1 amide bonds. The van der Waals surface area contributed by atoms with Crippen molar-refractivity contribution in [1.82, 2.24) is 0 Å². The van der Waals surface area contributed by atoms with Crippen LogP contribution in [0.4, 0.5) is 11.4 Å². The molecule has 90 valence electrons. The lowest BCUT2D eigenvalue weighted by Gasteiger charge is -2.13. The van der Waals surface area contributed by atoms with Gasteiger partial charge in [-0.1, -0.05) is 0 Å². The molecule has 1 aromatic rings. The van der Waals surface area contributed by atoms with Gasteiger partial charge in [0, 0.05) is 18.0 Å². The van der Waals surface area contributed by atoms with Crippen LogP contribution in [-0.4, -0.2) is 23.3 Å². The molecule has 2 rings (SSSR count). The molecular weight excluding hydrogens is 218 g/mol. The van der Waals surface area contributed by atoms with Crippen molar-refractivity contribution in [3.8, 4) is 0 Å². The van der Waals surface area contributed by atoms with Crippen LogP contribution in [0.25, 0.3) is 0 Å². The highest BCUT2D eigenvalue weighted by Gasteiger charge is 2.33. The van der Waals surface area contributed by atoms with Crippen LogP contribution in [0, 0.1) is 5.92 Å². The highest BCUT2D eigenvalue weighted by Crippen LogP contribution is 2.25. The van der Waals surface area contributed by atoms with Crippen molar-refractivity contribution in [3.63, 3.8) is 0 Å². The third-order valence-corrected chi connectivity index (χ3v) is 2.82. The molecule has 17 heavy (non-hydrogen) atoms. The SMILES string of the molecule is CC1=NN(c2ccc(N)cc2)C(=O)[C@@H]1CCO. The molecular formula is C12H15N3O2. The molecule has 3 N–H and O–H groups in total. The van der Waals surface area contributed by atoms with Gasteiger partial charge in [0.05, 0.1) is 11.6 Å². The molecule has 0 radical (unpaired) electrons. The minimum Gasteiger partial charge on any atom is -0.399 e. The van der Waals surface area contributed by atoms with E-state index in [0.717, 1.165) is 5.71 Å². The van der Waals surface area contributed by atoms with E-state index in [0.29, 0.717) is 17.8 Å². The molecule has 1 atom stereocenters. The fraction of sp³-hybridized carbons (Fsp3) is 0.333. The quantitative estimate of drug-likeness (QED) is 0.764. The average Bonchev–Trinajstić information content (AvgIpc) is 2.59. The Morgan fingerprint density at radius 2 is 2.06 bits per heavy atom. The van der Waals surface area contributed by atoms with Crippen LogP contribution in [0.1, 0.15) is 13.3 Å². The molecule has 5 heteroatoms. The van der Waals surface area contributed by atoms with Gasteiger partial charge in [0.1, 0.15) is 0 Å². The number of nitrogen functional groups attached to an aromatic ring is 1. The topological polar surface area (TPSA) is 78.9 Å². The van der Waals surface area contributed by atoms with E-state index < -0.39 is 0 Å². The van der Waals surface area contributed by atoms with E-state index in [1.807, 2.05) is 0 Å². The number of hydrazone groups is 1. The summed E-state index contributed by atoms with van der Waals surface area (Å²) in [5, 5.41) is 14.5. The molecule has 1 aromatic carbocycles. The number of anilines is 2. The highest BCUT2D eigenvalue weighted by atomic mass is 16.3. The van der Waals surface area contributed by atoms with Crippen molar-refractivity contribution >= 4 is 23.0 Å². The van der Waals surface area contributed by atoms with Gasteiger partial charge in [0.15, 0.2) is 0 Å². The van der Waals surface area contributed by atoms with Crippen LogP contribution >= 0.6 is 0 Å². The zero-order chi connectivity index (χ0) is 12.4. The van der Waals surface area contributed by atoms with E-state index in [4.69, 9.17) is 10.8 Å². The Hall–Kier alpha value is -1.88. The number of aliphatic hydroxyl groups is 1. The number of carbonyl (C=O) groups excluding carboxylic acids is 1. The molecule has 0 spiro atoms. The van der Waals surface area contributed by atoms with Crippen LogP contribution in [-0.2, 0) is 4.79 Å². The summed E-state index contributed by atoms with van der Waals surface area (Å²) in [4.78, 5) is 12.1. The van der Waals surface area contributed by atoms with Crippen LogP contribution in [0.5, 0.6) is 0 Å². The Labute approximate surface area is 99.5 Å². The number of hydrogen-bond donors (Lipinski definition) is 2. The third-order valence-electron chi connectivity index (χ3n) is 2.82. The Balaban J connectivity index is 2.24. The molecule has 0 fully saturated rings. The van der Waals surface area contributed by atoms with Gasteiger partial charge in [-0.2, -0.15) is 5.10 Å². The number of nitrogens with two attached hydrogens (primary N) is 1. The number of benzene rings is 1. The molecule has 1 aliphatic rings. The normalized spacial score (nSPS) is 19.6. The van der Waals surface area contributed by atoms with Gasteiger partial charge in [-0.25, -0.2) is 5.01 Å². The third kappa shape index (κ3) is 2.14. The fourth-order valence-electron chi connectivity index (χ4n) is 1.86. The molecule has 1 heterocycles. The Morgan fingerprint density at radius 3 is 2.65 bits per heavy atom. The summed E-state index contributed by atoms with van der Waals surface area (Å²) in [7, 11) is 0. The summed E-state index contributed by atoms with van der Waals surface area (Å²) in [6.45, 7) is 1.79. The van der Waals surface area contributed by atoms with Gasteiger partial charge in [-0.3, -0.25) is 4.79 Å². The molecule has 1 aliphatic heterocycles.